The van der Waals surface area contributed by atoms with Gasteiger partial charge in [-0.3, -0.25) is 0 Å². The quantitative estimate of drug-likeness (QED) is 0.582. The molecule has 0 aliphatic carbocycles. The van der Waals surface area contributed by atoms with E-state index < -0.39 is 5.38 Å². The molecule has 0 spiro atoms. The lowest BCUT2D eigenvalue weighted by molar-refractivity contribution is 0.340. The van der Waals surface area contributed by atoms with Crippen LogP contribution >= 0.6 is 46.4 Å². The second-order valence-corrected chi connectivity index (χ2v) is 5.78. The van der Waals surface area contributed by atoms with Gasteiger partial charge in [0.1, 0.15) is 5.75 Å². The van der Waals surface area contributed by atoms with Crippen molar-refractivity contribution in [3.05, 3.63) is 62.6 Å². The molecule has 0 aromatic heterocycles. The molecule has 0 N–H and O–H groups in total. The van der Waals surface area contributed by atoms with Crippen molar-refractivity contribution in [1.29, 1.82) is 0 Å². The van der Waals surface area contributed by atoms with E-state index in [9.17, 15) is 0 Å². The summed E-state index contributed by atoms with van der Waals surface area (Å²) in [7, 11) is 0. The van der Waals surface area contributed by atoms with E-state index in [1.54, 1.807) is 18.2 Å². The zero-order valence-electron chi connectivity index (χ0n) is 10.7. The van der Waals surface area contributed by atoms with Crippen LogP contribution in [0, 0.1) is 0 Å². The second-order valence-electron chi connectivity index (χ2n) is 4.12. The molecule has 5 heteroatoms. The summed E-state index contributed by atoms with van der Waals surface area (Å²) in [6.07, 6.45) is 0. The van der Waals surface area contributed by atoms with Gasteiger partial charge in [-0.05, 0) is 30.2 Å². The van der Waals surface area contributed by atoms with Crippen LogP contribution in [0.1, 0.15) is 23.4 Å². The molecule has 2 aromatic rings. The molecule has 1 atom stereocenters. The predicted molar refractivity (Wildman–Crippen MR) is 86.8 cm³/mol. The van der Waals surface area contributed by atoms with Gasteiger partial charge in [-0.25, -0.2) is 0 Å². The number of hydrogen-bond acceptors (Lipinski definition) is 1. The van der Waals surface area contributed by atoms with Crippen LogP contribution in [0.3, 0.4) is 0 Å². The molecule has 1 unspecified atom stereocenters. The van der Waals surface area contributed by atoms with Crippen LogP contribution in [-0.4, -0.2) is 6.61 Å². The van der Waals surface area contributed by atoms with Crippen LogP contribution in [0.15, 0.2) is 36.4 Å². The third-order valence-electron chi connectivity index (χ3n) is 2.80. The molecule has 0 saturated carbocycles. The molecule has 1 nitrogen and oxygen atoms in total. The maximum Gasteiger partial charge on any atom is 0.139 e. The van der Waals surface area contributed by atoms with Crippen LogP contribution < -0.4 is 4.74 Å². The maximum absolute atomic E-state index is 6.48. The van der Waals surface area contributed by atoms with Crippen LogP contribution in [-0.2, 0) is 0 Å². The minimum atomic E-state index is -0.468. The molecular weight excluding hydrogens is 338 g/mol. The SMILES string of the molecule is CCOc1cc(Cl)c(C(Cl)c2ccccc2Cl)cc1Cl. The van der Waals surface area contributed by atoms with Gasteiger partial charge in [-0.15, -0.1) is 11.6 Å². The standard InChI is InChI=1S/C15H12Cl4O/c1-2-20-14-8-12(17)10(7-13(14)18)15(19)9-5-3-4-6-11(9)16/h3-8,15H,2H2,1H3. The molecule has 2 aromatic carbocycles. The van der Waals surface area contributed by atoms with Crippen LogP contribution in [0.2, 0.25) is 15.1 Å². The first kappa shape index (κ1) is 15.8. The molecule has 0 bridgehead atoms. The van der Waals surface area contributed by atoms with Gasteiger partial charge in [-0.1, -0.05) is 53.0 Å². The summed E-state index contributed by atoms with van der Waals surface area (Å²) in [4.78, 5) is 0. The fourth-order valence-electron chi connectivity index (χ4n) is 1.85. The number of halogens is 4. The lowest BCUT2D eigenvalue weighted by Gasteiger charge is -2.16. The van der Waals surface area contributed by atoms with Crippen LogP contribution in [0.25, 0.3) is 0 Å². The zero-order chi connectivity index (χ0) is 14.7. The van der Waals surface area contributed by atoms with Gasteiger partial charge in [0.05, 0.1) is 17.0 Å². The van der Waals surface area contributed by atoms with Gasteiger partial charge in [0, 0.05) is 16.1 Å². The van der Waals surface area contributed by atoms with Gasteiger partial charge in [0.15, 0.2) is 0 Å². The molecule has 0 amide bonds. The van der Waals surface area contributed by atoms with Crippen molar-refractivity contribution in [2.45, 2.75) is 12.3 Å². The monoisotopic (exact) mass is 348 g/mol. The Morgan fingerprint density at radius 3 is 2.30 bits per heavy atom. The van der Waals surface area contributed by atoms with E-state index in [0.29, 0.717) is 33.0 Å². The smallest absolute Gasteiger partial charge is 0.139 e. The molecule has 0 saturated heterocycles. The van der Waals surface area contributed by atoms with Gasteiger partial charge in [-0.2, -0.15) is 0 Å². The molecule has 106 valence electrons. The molecule has 0 fully saturated rings. The van der Waals surface area contributed by atoms with Crippen LogP contribution in [0.4, 0.5) is 0 Å². The normalized spacial score (nSPS) is 12.2. The minimum Gasteiger partial charge on any atom is -0.492 e. The molecule has 0 heterocycles. The molecule has 0 aliphatic heterocycles. The highest BCUT2D eigenvalue weighted by atomic mass is 35.5. The lowest BCUT2D eigenvalue weighted by Crippen LogP contribution is -1.98. The van der Waals surface area contributed by atoms with Crippen molar-refractivity contribution in [2.75, 3.05) is 6.61 Å². The van der Waals surface area contributed by atoms with E-state index in [1.165, 1.54) is 0 Å². The molecule has 2 rings (SSSR count). The fourth-order valence-corrected chi connectivity index (χ4v) is 3.07. The van der Waals surface area contributed by atoms with Crippen LogP contribution in [0.5, 0.6) is 5.75 Å². The van der Waals surface area contributed by atoms with E-state index >= 15 is 0 Å². The first-order valence-corrected chi connectivity index (χ1v) is 7.61. The van der Waals surface area contributed by atoms with Crippen molar-refractivity contribution in [2.24, 2.45) is 0 Å². The van der Waals surface area contributed by atoms with Gasteiger partial charge in [0.25, 0.3) is 0 Å². The largest absolute Gasteiger partial charge is 0.492 e. The average Bonchev–Trinajstić information content (AvgIpc) is 2.42. The van der Waals surface area contributed by atoms with Crippen molar-refractivity contribution < 1.29 is 4.74 Å². The van der Waals surface area contributed by atoms with Crippen molar-refractivity contribution in [3.8, 4) is 5.75 Å². The number of benzene rings is 2. The van der Waals surface area contributed by atoms with E-state index in [0.717, 1.165) is 5.56 Å². The fraction of sp³-hybridized carbons (Fsp3) is 0.200. The summed E-state index contributed by atoms with van der Waals surface area (Å²) < 4.78 is 5.40. The average molecular weight is 350 g/mol. The maximum atomic E-state index is 6.48. The third-order valence-corrected chi connectivity index (χ3v) is 4.24. The Labute approximate surface area is 138 Å². The van der Waals surface area contributed by atoms with Crippen molar-refractivity contribution >= 4 is 46.4 Å². The Morgan fingerprint density at radius 1 is 0.950 bits per heavy atom. The van der Waals surface area contributed by atoms with Gasteiger partial charge in [0.2, 0.25) is 0 Å². The number of rotatable bonds is 4. The Balaban J connectivity index is 2.43. The molecular formula is C15H12Cl4O. The van der Waals surface area contributed by atoms with Crippen molar-refractivity contribution in [3.63, 3.8) is 0 Å². The van der Waals surface area contributed by atoms with E-state index in [1.807, 2.05) is 25.1 Å². The first-order chi connectivity index (χ1) is 9.54. The Bertz CT molecular complexity index is 613. The highest BCUT2D eigenvalue weighted by Crippen LogP contribution is 2.41. The van der Waals surface area contributed by atoms with E-state index in [2.05, 4.69) is 0 Å². The first-order valence-electron chi connectivity index (χ1n) is 6.04. The summed E-state index contributed by atoms with van der Waals surface area (Å²) in [5.41, 5.74) is 1.49. The third kappa shape index (κ3) is 3.35. The lowest BCUT2D eigenvalue weighted by atomic mass is 10.0. The van der Waals surface area contributed by atoms with E-state index in [4.69, 9.17) is 51.1 Å². The highest BCUT2D eigenvalue weighted by molar-refractivity contribution is 6.36. The van der Waals surface area contributed by atoms with Gasteiger partial charge < -0.3 is 4.74 Å². The Hall–Kier alpha value is -0.600. The number of alkyl halides is 1. The summed E-state index contributed by atoms with van der Waals surface area (Å²) in [6.45, 7) is 2.40. The summed E-state index contributed by atoms with van der Waals surface area (Å²) in [6, 6.07) is 10.8. The minimum absolute atomic E-state index is 0.468. The van der Waals surface area contributed by atoms with Gasteiger partial charge >= 0.3 is 0 Å². The van der Waals surface area contributed by atoms with E-state index in [-0.39, 0.29) is 0 Å². The molecule has 0 aliphatic rings. The zero-order valence-corrected chi connectivity index (χ0v) is 13.7. The molecule has 0 radical (unpaired) electrons. The predicted octanol–water partition coefficient (Wildman–Crippen LogP) is 6.37. The summed E-state index contributed by atoms with van der Waals surface area (Å²) >= 11 is 25.1. The Kier molecular flexibility index (Phi) is 5.45. The van der Waals surface area contributed by atoms with Crippen molar-refractivity contribution in [1.82, 2.24) is 0 Å². The second kappa shape index (κ2) is 6.91. The highest BCUT2D eigenvalue weighted by Gasteiger charge is 2.19. The summed E-state index contributed by atoms with van der Waals surface area (Å²) in [5.74, 6) is 0.547. The molecule has 20 heavy (non-hydrogen) atoms. The summed E-state index contributed by atoms with van der Waals surface area (Å²) in [5, 5.41) is 1.10. The number of hydrogen-bond donors (Lipinski definition) is 0. The Morgan fingerprint density at radius 2 is 1.65 bits per heavy atom. The topological polar surface area (TPSA) is 9.23 Å². The number of ether oxygens (including phenoxy) is 1.